The van der Waals surface area contributed by atoms with Crippen LogP contribution in [0.1, 0.15) is 12.3 Å². The lowest BCUT2D eigenvalue weighted by atomic mass is 10.1. The van der Waals surface area contributed by atoms with Gasteiger partial charge in [0.1, 0.15) is 0 Å². The number of hydrogen-bond acceptors (Lipinski definition) is 6. The molecule has 1 aromatic heterocycles. The quantitative estimate of drug-likeness (QED) is 0.632. The summed E-state index contributed by atoms with van der Waals surface area (Å²) < 4.78 is 5.06. The minimum atomic E-state index is -0.318. The molecule has 2 aliphatic heterocycles. The van der Waals surface area contributed by atoms with E-state index in [1.165, 1.54) is 5.69 Å². The molecule has 3 aromatic rings. The number of piperazine rings is 1. The van der Waals surface area contributed by atoms with E-state index in [4.69, 9.17) is 4.52 Å². The smallest absolute Gasteiger partial charge is 0.228 e. The maximum Gasteiger partial charge on any atom is 0.228 e. The summed E-state index contributed by atoms with van der Waals surface area (Å²) in [5, 5.41) is 3.95. The summed E-state index contributed by atoms with van der Waals surface area (Å²) in [4.78, 5) is 36.1. The molecule has 2 amide bonds. The van der Waals surface area contributed by atoms with Crippen molar-refractivity contribution in [3.63, 3.8) is 0 Å². The molecule has 0 unspecified atom stereocenters. The zero-order chi connectivity index (χ0) is 22.1. The highest BCUT2D eigenvalue weighted by molar-refractivity contribution is 6.00. The zero-order valence-corrected chi connectivity index (χ0v) is 18.0. The van der Waals surface area contributed by atoms with Crippen LogP contribution in [0.15, 0.2) is 59.1 Å². The number of carbonyl (C=O) groups excluding carboxylic acids is 2. The van der Waals surface area contributed by atoms with E-state index in [9.17, 15) is 9.59 Å². The lowest BCUT2D eigenvalue weighted by Gasteiger charge is -2.37. The zero-order valence-electron chi connectivity index (χ0n) is 18.0. The molecule has 2 aromatic carbocycles. The predicted octanol–water partition coefficient (Wildman–Crippen LogP) is 2.75. The molecule has 0 bridgehead atoms. The van der Waals surface area contributed by atoms with Gasteiger partial charge in [0.05, 0.1) is 5.92 Å². The third-order valence-corrected chi connectivity index (χ3v) is 6.13. The van der Waals surface area contributed by atoms with Gasteiger partial charge in [-0.3, -0.25) is 9.59 Å². The number of anilines is 2. The highest BCUT2D eigenvalue weighted by Gasteiger charge is 2.38. The third kappa shape index (κ3) is 3.95. The van der Waals surface area contributed by atoms with Crippen molar-refractivity contribution in [3.8, 4) is 11.4 Å². The second-order valence-corrected chi connectivity index (χ2v) is 8.24. The highest BCUT2D eigenvalue weighted by atomic mass is 16.5. The third-order valence-electron chi connectivity index (χ3n) is 6.13. The van der Waals surface area contributed by atoms with E-state index < -0.39 is 0 Å². The molecule has 8 heteroatoms. The van der Waals surface area contributed by atoms with Crippen molar-refractivity contribution in [1.82, 2.24) is 15.0 Å². The van der Waals surface area contributed by atoms with Crippen molar-refractivity contribution in [2.75, 3.05) is 42.5 Å². The van der Waals surface area contributed by atoms with Crippen molar-refractivity contribution in [2.24, 2.45) is 5.92 Å². The standard InChI is InChI=1S/C24H25N5O3/c1-17-25-23(26-32-17)18-6-5-9-21(14-18)29-16-19(15-22(29)30)24(31)28-12-10-27(11-13-28)20-7-3-2-4-8-20/h2-9,14,19H,10-13,15-16H2,1H3/t19-/m1/s1. The fourth-order valence-electron chi connectivity index (χ4n) is 4.43. The Labute approximate surface area is 186 Å². The molecule has 0 N–H and O–H groups in total. The monoisotopic (exact) mass is 431 g/mol. The lowest BCUT2D eigenvalue weighted by molar-refractivity contribution is -0.136. The summed E-state index contributed by atoms with van der Waals surface area (Å²) in [6.07, 6.45) is 0.239. The Bertz CT molecular complexity index is 1120. The summed E-state index contributed by atoms with van der Waals surface area (Å²) in [7, 11) is 0. The molecular formula is C24H25N5O3. The maximum absolute atomic E-state index is 13.2. The maximum atomic E-state index is 13.2. The summed E-state index contributed by atoms with van der Waals surface area (Å²) >= 11 is 0. The number of rotatable bonds is 4. The molecule has 8 nitrogen and oxygen atoms in total. The van der Waals surface area contributed by atoms with Crippen LogP contribution in [0, 0.1) is 12.8 Å². The van der Waals surface area contributed by atoms with Gasteiger partial charge in [-0.15, -0.1) is 0 Å². The number of aromatic nitrogens is 2. The highest BCUT2D eigenvalue weighted by Crippen LogP contribution is 2.29. The Balaban J connectivity index is 1.24. The van der Waals surface area contributed by atoms with E-state index in [-0.39, 0.29) is 24.2 Å². The Morgan fingerprint density at radius 3 is 2.47 bits per heavy atom. The van der Waals surface area contributed by atoms with Crippen molar-refractivity contribution in [2.45, 2.75) is 13.3 Å². The van der Waals surface area contributed by atoms with Crippen LogP contribution in [0.4, 0.5) is 11.4 Å². The summed E-state index contributed by atoms with van der Waals surface area (Å²) in [6, 6.07) is 17.7. The second-order valence-electron chi connectivity index (χ2n) is 8.24. The van der Waals surface area contributed by atoms with Crippen LogP contribution in [-0.2, 0) is 9.59 Å². The molecule has 0 spiro atoms. The molecular weight excluding hydrogens is 406 g/mol. The van der Waals surface area contributed by atoms with E-state index in [0.29, 0.717) is 31.3 Å². The van der Waals surface area contributed by atoms with Crippen LogP contribution in [-0.4, -0.2) is 59.6 Å². The first kappa shape index (κ1) is 20.2. The normalized spacial score (nSPS) is 19.0. The van der Waals surface area contributed by atoms with Crippen LogP contribution in [0.3, 0.4) is 0 Å². The van der Waals surface area contributed by atoms with Crippen LogP contribution in [0.25, 0.3) is 11.4 Å². The van der Waals surface area contributed by atoms with Crippen LogP contribution < -0.4 is 9.80 Å². The van der Waals surface area contributed by atoms with E-state index >= 15 is 0 Å². The van der Waals surface area contributed by atoms with Gasteiger partial charge in [0.25, 0.3) is 0 Å². The molecule has 5 rings (SSSR count). The number of amides is 2. The van der Waals surface area contributed by atoms with E-state index in [1.807, 2.05) is 47.4 Å². The van der Waals surface area contributed by atoms with Crippen LogP contribution in [0.2, 0.25) is 0 Å². The van der Waals surface area contributed by atoms with Gasteiger partial charge in [-0.1, -0.05) is 35.5 Å². The van der Waals surface area contributed by atoms with Crippen LogP contribution in [0.5, 0.6) is 0 Å². The summed E-state index contributed by atoms with van der Waals surface area (Å²) in [6.45, 7) is 5.07. The largest absolute Gasteiger partial charge is 0.368 e. The first-order chi connectivity index (χ1) is 15.6. The number of hydrogen-bond donors (Lipinski definition) is 0. The van der Waals surface area contributed by atoms with Crippen molar-refractivity contribution < 1.29 is 14.1 Å². The average molecular weight is 431 g/mol. The fraction of sp³-hybridized carbons (Fsp3) is 0.333. The van der Waals surface area contributed by atoms with E-state index in [2.05, 4.69) is 27.2 Å². The molecule has 3 heterocycles. The Hall–Kier alpha value is -3.68. The van der Waals surface area contributed by atoms with Gasteiger partial charge in [0, 0.05) is 63.0 Å². The van der Waals surface area contributed by atoms with Gasteiger partial charge < -0.3 is 19.2 Å². The van der Waals surface area contributed by atoms with Gasteiger partial charge in [-0.25, -0.2) is 0 Å². The van der Waals surface area contributed by atoms with Crippen LogP contribution >= 0.6 is 0 Å². The molecule has 2 saturated heterocycles. The number of nitrogens with zero attached hydrogens (tertiary/aromatic N) is 5. The molecule has 32 heavy (non-hydrogen) atoms. The number of para-hydroxylation sites is 1. The Morgan fingerprint density at radius 1 is 1.00 bits per heavy atom. The lowest BCUT2D eigenvalue weighted by Crippen LogP contribution is -2.50. The first-order valence-corrected chi connectivity index (χ1v) is 10.9. The van der Waals surface area contributed by atoms with Crippen molar-refractivity contribution in [1.29, 1.82) is 0 Å². The van der Waals surface area contributed by atoms with Gasteiger partial charge in [0.2, 0.25) is 23.5 Å². The van der Waals surface area contributed by atoms with Crippen molar-refractivity contribution in [3.05, 3.63) is 60.5 Å². The van der Waals surface area contributed by atoms with Gasteiger partial charge >= 0.3 is 0 Å². The predicted molar refractivity (Wildman–Crippen MR) is 120 cm³/mol. The Morgan fingerprint density at radius 2 is 1.75 bits per heavy atom. The van der Waals surface area contributed by atoms with Gasteiger partial charge in [-0.05, 0) is 24.3 Å². The van der Waals surface area contributed by atoms with Gasteiger partial charge in [0.15, 0.2) is 0 Å². The van der Waals surface area contributed by atoms with Gasteiger partial charge in [-0.2, -0.15) is 4.98 Å². The Kier molecular flexibility index (Phi) is 5.34. The summed E-state index contributed by atoms with van der Waals surface area (Å²) in [5.41, 5.74) is 2.71. The molecule has 2 aliphatic rings. The fourth-order valence-corrected chi connectivity index (χ4v) is 4.43. The first-order valence-electron chi connectivity index (χ1n) is 10.9. The minimum absolute atomic E-state index is 0.0345. The molecule has 2 fully saturated rings. The SMILES string of the molecule is Cc1nc(-c2cccc(N3C[C@H](C(=O)N4CCN(c5ccccc5)CC4)CC3=O)c2)no1. The molecule has 0 aliphatic carbocycles. The summed E-state index contributed by atoms with van der Waals surface area (Å²) in [5.74, 6) is 0.689. The number of benzene rings is 2. The van der Waals surface area contributed by atoms with Crippen molar-refractivity contribution >= 4 is 23.2 Å². The molecule has 164 valence electrons. The molecule has 0 radical (unpaired) electrons. The molecule has 1 atom stereocenters. The van der Waals surface area contributed by atoms with E-state index in [0.717, 1.165) is 24.3 Å². The second kappa shape index (κ2) is 8.45. The minimum Gasteiger partial charge on any atom is -0.368 e. The topological polar surface area (TPSA) is 82.8 Å². The average Bonchev–Trinajstić information content (AvgIpc) is 3.45. The number of carbonyl (C=O) groups is 2. The number of aryl methyl sites for hydroxylation is 1. The molecule has 0 saturated carbocycles. The van der Waals surface area contributed by atoms with E-state index in [1.54, 1.807) is 11.8 Å².